The molecule has 31 heavy (non-hydrogen) atoms. The molecule has 0 bridgehead atoms. The van der Waals surface area contributed by atoms with E-state index in [1.165, 1.54) is 18.2 Å². The number of aromatic amines is 1. The highest BCUT2D eigenvalue weighted by molar-refractivity contribution is 7.92. The van der Waals surface area contributed by atoms with Gasteiger partial charge in [-0.1, -0.05) is 12.1 Å². The lowest BCUT2D eigenvalue weighted by Gasteiger charge is -2.18. The van der Waals surface area contributed by atoms with Crippen molar-refractivity contribution in [3.63, 3.8) is 0 Å². The molecule has 8 N–H and O–H groups in total. The Kier molecular flexibility index (Phi) is 8.88. The Balaban J connectivity index is 0.00000480. The van der Waals surface area contributed by atoms with Crippen molar-refractivity contribution in [3.05, 3.63) is 57.5 Å². The molecule has 0 aliphatic heterocycles. The van der Waals surface area contributed by atoms with Gasteiger partial charge in [0.2, 0.25) is 11.9 Å². The second-order valence-corrected chi connectivity index (χ2v) is 8.31. The number of nitrogens with two attached hydrogens (primary N) is 3. The number of pyridine rings is 1. The van der Waals surface area contributed by atoms with Crippen LogP contribution in [0.3, 0.4) is 0 Å². The second kappa shape index (κ2) is 10.7. The SMILES string of the molecule is Cc1cccc(S(=O)(=O)Nc2c(C(CCON=C(N)N)C(N)=O)cc(C)[nH]c2=O)c1.Cl. The molecular formula is C18H25ClN6O5S. The Hall–Kier alpha value is -3.25. The average molecular weight is 473 g/mol. The van der Waals surface area contributed by atoms with Gasteiger partial charge >= 0.3 is 0 Å². The standard InChI is InChI=1S/C18H24N6O5S.ClH/c1-10-4-3-5-12(8-10)30(27,28)24-15-14(9-11(2)22-17(15)26)13(16(19)25)6-7-29-23-18(20)21;/h3-5,8-9,13,24H,6-7H2,1-2H3,(H2,19,25)(H,22,26)(H4,20,21,23);1H. The number of benzene rings is 1. The van der Waals surface area contributed by atoms with Crippen LogP contribution in [0.25, 0.3) is 0 Å². The molecule has 0 spiro atoms. The van der Waals surface area contributed by atoms with E-state index in [2.05, 4.69) is 14.9 Å². The fourth-order valence-electron chi connectivity index (χ4n) is 2.81. The molecule has 1 amide bonds. The van der Waals surface area contributed by atoms with Crippen LogP contribution in [0.4, 0.5) is 5.69 Å². The summed E-state index contributed by atoms with van der Waals surface area (Å²) in [6.45, 7) is 3.24. The number of nitrogens with one attached hydrogen (secondary N) is 2. The number of anilines is 1. The van der Waals surface area contributed by atoms with Crippen LogP contribution in [-0.4, -0.2) is 31.9 Å². The number of primary amides is 1. The van der Waals surface area contributed by atoms with Gasteiger partial charge in [0, 0.05) is 5.69 Å². The van der Waals surface area contributed by atoms with Crippen LogP contribution in [0.15, 0.2) is 45.2 Å². The van der Waals surface area contributed by atoms with Crippen molar-refractivity contribution in [2.45, 2.75) is 31.1 Å². The highest BCUT2D eigenvalue weighted by atomic mass is 35.5. The second-order valence-electron chi connectivity index (χ2n) is 6.63. The first-order valence-electron chi connectivity index (χ1n) is 8.85. The number of halogens is 1. The molecule has 1 atom stereocenters. The lowest BCUT2D eigenvalue weighted by molar-refractivity contribution is -0.119. The average Bonchev–Trinajstić information content (AvgIpc) is 2.63. The number of amides is 1. The van der Waals surface area contributed by atoms with Crippen molar-refractivity contribution >= 4 is 40.0 Å². The number of rotatable bonds is 9. The minimum atomic E-state index is -4.10. The molecule has 0 radical (unpaired) electrons. The number of nitrogens with zero attached hydrogens (tertiary/aromatic N) is 1. The van der Waals surface area contributed by atoms with Gasteiger partial charge in [0.1, 0.15) is 12.3 Å². The van der Waals surface area contributed by atoms with E-state index in [9.17, 15) is 18.0 Å². The number of sulfonamides is 1. The minimum absolute atomic E-state index is 0. The van der Waals surface area contributed by atoms with E-state index in [0.29, 0.717) is 5.69 Å². The van der Waals surface area contributed by atoms with Gasteiger partial charge in [0.25, 0.3) is 15.6 Å². The molecule has 0 aliphatic carbocycles. The van der Waals surface area contributed by atoms with Crippen LogP contribution in [0, 0.1) is 13.8 Å². The van der Waals surface area contributed by atoms with Gasteiger partial charge in [0.05, 0.1) is 10.8 Å². The maximum atomic E-state index is 12.8. The van der Waals surface area contributed by atoms with Crippen molar-refractivity contribution in [1.82, 2.24) is 4.98 Å². The summed E-state index contributed by atoms with van der Waals surface area (Å²) in [6, 6.07) is 7.65. The van der Waals surface area contributed by atoms with E-state index >= 15 is 0 Å². The summed E-state index contributed by atoms with van der Waals surface area (Å²) in [6.07, 6.45) is 0.00811. The third-order valence-electron chi connectivity index (χ3n) is 4.12. The zero-order valence-electron chi connectivity index (χ0n) is 16.9. The Morgan fingerprint density at radius 3 is 2.48 bits per heavy atom. The smallest absolute Gasteiger partial charge is 0.272 e. The summed E-state index contributed by atoms with van der Waals surface area (Å²) in [5, 5.41) is 3.36. The number of carbonyl (C=O) groups excluding carboxylic acids is 1. The molecule has 2 rings (SSSR count). The number of aromatic nitrogens is 1. The van der Waals surface area contributed by atoms with E-state index in [0.717, 1.165) is 5.56 Å². The van der Waals surface area contributed by atoms with Gasteiger partial charge in [-0.05, 0) is 54.8 Å². The first kappa shape index (κ1) is 25.8. The summed E-state index contributed by atoms with van der Waals surface area (Å²) in [5.41, 5.74) is 16.1. The summed E-state index contributed by atoms with van der Waals surface area (Å²) >= 11 is 0. The van der Waals surface area contributed by atoms with Crippen LogP contribution in [0.1, 0.15) is 29.2 Å². The van der Waals surface area contributed by atoms with E-state index in [1.54, 1.807) is 26.0 Å². The lowest BCUT2D eigenvalue weighted by Crippen LogP contribution is -2.29. The molecule has 11 nitrogen and oxygen atoms in total. The van der Waals surface area contributed by atoms with Gasteiger partial charge in [0.15, 0.2) is 0 Å². The van der Waals surface area contributed by atoms with Crippen LogP contribution < -0.4 is 27.5 Å². The summed E-state index contributed by atoms with van der Waals surface area (Å²) in [4.78, 5) is 32.0. The zero-order valence-corrected chi connectivity index (χ0v) is 18.5. The van der Waals surface area contributed by atoms with E-state index < -0.39 is 27.4 Å². The Labute approximate surface area is 185 Å². The predicted molar refractivity (Wildman–Crippen MR) is 119 cm³/mol. The monoisotopic (exact) mass is 472 g/mol. The minimum Gasteiger partial charge on any atom is -0.393 e. The predicted octanol–water partition coefficient (Wildman–Crippen LogP) is 0.378. The molecule has 0 saturated carbocycles. The highest BCUT2D eigenvalue weighted by Crippen LogP contribution is 2.27. The molecule has 1 unspecified atom stereocenters. The van der Waals surface area contributed by atoms with Crippen molar-refractivity contribution in [3.8, 4) is 0 Å². The van der Waals surface area contributed by atoms with Crippen LogP contribution in [0.2, 0.25) is 0 Å². The molecule has 2 aromatic rings. The van der Waals surface area contributed by atoms with Crippen molar-refractivity contribution in [2.75, 3.05) is 11.3 Å². The summed E-state index contributed by atoms with van der Waals surface area (Å²) in [7, 11) is -4.10. The largest absolute Gasteiger partial charge is 0.393 e. The molecule has 13 heteroatoms. The number of hydrogen-bond acceptors (Lipinski definition) is 6. The molecule has 170 valence electrons. The normalized spacial score (nSPS) is 11.7. The van der Waals surface area contributed by atoms with Gasteiger partial charge in [-0.3, -0.25) is 14.3 Å². The van der Waals surface area contributed by atoms with Gasteiger partial charge in [-0.2, -0.15) is 0 Å². The lowest BCUT2D eigenvalue weighted by atomic mass is 9.94. The maximum absolute atomic E-state index is 12.8. The fourth-order valence-corrected chi connectivity index (χ4v) is 4.01. The van der Waals surface area contributed by atoms with Gasteiger partial charge < -0.3 is 27.0 Å². The van der Waals surface area contributed by atoms with Gasteiger partial charge in [-0.15, -0.1) is 12.4 Å². The number of aryl methyl sites for hydroxylation is 2. The Morgan fingerprint density at radius 2 is 1.90 bits per heavy atom. The maximum Gasteiger partial charge on any atom is 0.272 e. The van der Waals surface area contributed by atoms with Crippen LogP contribution in [0.5, 0.6) is 0 Å². The molecular weight excluding hydrogens is 448 g/mol. The number of oxime groups is 1. The number of hydrogen-bond donors (Lipinski definition) is 5. The third-order valence-corrected chi connectivity index (χ3v) is 5.47. The zero-order chi connectivity index (χ0) is 22.5. The quantitative estimate of drug-likeness (QED) is 0.150. The summed E-state index contributed by atoms with van der Waals surface area (Å²) < 4.78 is 27.9. The van der Waals surface area contributed by atoms with Crippen molar-refractivity contribution < 1.29 is 18.0 Å². The topological polar surface area (TPSA) is 196 Å². The van der Waals surface area contributed by atoms with Gasteiger partial charge in [-0.25, -0.2) is 8.42 Å². The molecule has 0 aliphatic rings. The first-order valence-corrected chi connectivity index (χ1v) is 10.3. The fraction of sp³-hybridized carbons (Fsp3) is 0.278. The van der Waals surface area contributed by atoms with E-state index in [-0.39, 0.29) is 47.5 Å². The van der Waals surface area contributed by atoms with Crippen LogP contribution in [-0.2, 0) is 19.7 Å². The molecule has 0 saturated heterocycles. The highest BCUT2D eigenvalue weighted by Gasteiger charge is 2.26. The van der Waals surface area contributed by atoms with Crippen molar-refractivity contribution in [1.29, 1.82) is 0 Å². The number of H-pyrrole nitrogens is 1. The summed E-state index contributed by atoms with van der Waals surface area (Å²) in [5.74, 6) is -2.11. The molecule has 1 aromatic carbocycles. The molecule has 0 fully saturated rings. The molecule has 1 heterocycles. The first-order chi connectivity index (χ1) is 14.0. The number of carbonyl (C=O) groups is 1. The Bertz CT molecular complexity index is 1130. The van der Waals surface area contributed by atoms with E-state index in [1.807, 2.05) is 0 Å². The molecule has 1 aromatic heterocycles. The van der Waals surface area contributed by atoms with E-state index in [4.69, 9.17) is 22.0 Å². The number of guanidine groups is 1. The van der Waals surface area contributed by atoms with Crippen molar-refractivity contribution in [2.24, 2.45) is 22.4 Å². The Morgan fingerprint density at radius 1 is 1.23 bits per heavy atom. The van der Waals surface area contributed by atoms with Crippen LogP contribution >= 0.6 is 12.4 Å². The third kappa shape index (κ3) is 6.89.